The number of hydrogen-bond acceptors (Lipinski definition) is 3. The van der Waals surface area contributed by atoms with Crippen molar-refractivity contribution in [3.8, 4) is 11.8 Å². The predicted molar refractivity (Wildman–Crippen MR) is 74.6 cm³/mol. The van der Waals surface area contributed by atoms with Crippen LogP contribution in [0.5, 0.6) is 5.75 Å². The molecule has 0 aliphatic carbocycles. The number of nitrogens with two attached hydrogens (primary N) is 1. The molecule has 2 aromatic carbocycles. The van der Waals surface area contributed by atoms with E-state index >= 15 is 0 Å². The van der Waals surface area contributed by atoms with Crippen molar-refractivity contribution >= 4 is 0 Å². The molecule has 0 radical (unpaired) electrons. The standard InChI is InChI=1S/C16H16N2O/c17-10-13-5-4-8-16(9-13)19-12-15(11-18)14-6-2-1-3-7-14/h1-9,15H,10,12,17H2. The summed E-state index contributed by atoms with van der Waals surface area (Å²) in [6, 6.07) is 19.6. The van der Waals surface area contributed by atoms with Crippen LogP contribution >= 0.6 is 0 Å². The van der Waals surface area contributed by atoms with E-state index in [0.717, 1.165) is 16.9 Å². The van der Waals surface area contributed by atoms with Crippen LogP contribution in [-0.2, 0) is 6.54 Å². The summed E-state index contributed by atoms with van der Waals surface area (Å²) in [4.78, 5) is 0. The van der Waals surface area contributed by atoms with E-state index in [9.17, 15) is 5.26 Å². The van der Waals surface area contributed by atoms with Gasteiger partial charge in [-0.25, -0.2) is 0 Å². The zero-order chi connectivity index (χ0) is 13.5. The molecule has 1 unspecified atom stereocenters. The van der Waals surface area contributed by atoms with Gasteiger partial charge >= 0.3 is 0 Å². The first-order chi connectivity index (χ1) is 9.33. The number of ether oxygens (including phenoxy) is 1. The molecule has 19 heavy (non-hydrogen) atoms. The minimum Gasteiger partial charge on any atom is -0.492 e. The molecule has 0 heterocycles. The van der Waals surface area contributed by atoms with Crippen molar-refractivity contribution in [2.75, 3.05) is 6.61 Å². The van der Waals surface area contributed by atoms with Gasteiger partial charge in [0.05, 0.1) is 6.07 Å². The van der Waals surface area contributed by atoms with Crippen LogP contribution in [0.25, 0.3) is 0 Å². The van der Waals surface area contributed by atoms with Gasteiger partial charge in [0.1, 0.15) is 18.3 Å². The Balaban J connectivity index is 2.02. The zero-order valence-electron chi connectivity index (χ0n) is 10.6. The molecule has 2 aromatic rings. The summed E-state index contributed by atoms with van der Waals surface area (Å²) < 4.78 is 5.68. The fourth-order valence-corrected chi connectivity index (χ4v) is 1.84. The number of benzene rings is 2. The van der Waals surface area contributed by atoms with Gasteiger partial charge in [0.15, 0.2) is 0 Å². The first kappa shape index (κ1) is 13.1. The average Bonchev–Trinajstić information content (AvgIpc) is 2.49. The van der Waals surface area contributed by atoms with Crippen molar-refractivity contribution in [3.63, 3.8) is 0 Å². The van der Waals surface area contributed by atoms with E-state index in [1.165, 1.54) is 0 Å². The van der Waals surface area contributed by atoms with Crippen LogP contribution < -0.4 is 10.5 Å². The maximum Gasteiger partial charge on any atom is 0.119 e. The van der Waals surface area contributed by atoms with Crippen molar-refractivity contribution in [2.45, 2.75) is 12.5 Å². The zero-order valence-corrected chi connectivity index (χ0v) is 10.6. The van der Waals surface area contributed by atoms with Gasteiger partial charge in [-0.15, -0.1) is 0 Å². The van der Waals surface area contributed by atoms with Gasteiger partial charge in [0, 0.05) is 6.54 Å². The number of nitrogens with zero attached hydrogens (tertiary/aromatic N) is 1. The molecule has 0 spiro atoms. The van der Waals surface area contributed by atoms with E-state index in [1.54, 1.807) is 0 Å². The summed E-state index contributed by atoms with van der Waals surface area (Å²) in [6.45, 7) is 0.825. The van der Waals surface area contributed by atoms with Crippen LogP contribution in [0.2, 0.25) is 0 Å². The van der Waals surface area contributed by atoms with Gasteiger partial charge < -0.3 is 10.5 Å². The Kier molecular flexibility index (Phi) is 4.54. The molecule has 0 saturated heterocycles. The van der Waals surface area contributed by atoms with Gasteiger partial charge in [-0.05, 0) is 23.3 Å². The van der Waals surface area contributed by atoms with Gasteiger partial charge in [0.2, 0.25) is 0 Å². The number of rotatable bonds is 5. The molecular weight excluding hydrogens is 236 g/mol. The van der Waals surface area contributed by atoms with Crippen LogP contribution in [0.3, 0.4) is 0 Å². The quantitative estimate of drug-likeness (QED) is 0.890. The Labute approximate surface area is 113 Å². The van der Waals surface area contributed by atoms with Crippen molar-refractivity contribution in [2.24, 2.45) is 5.73 Å². The minimum absolute atomic E-state index is 0.261. The number of nitriles is 1. The maximum atomic E-state index is 9.21. The minimum atomic E-state index is -0.261. The third kappa shape index (κ3) is 3.57. The summed E-state index contributed by atoms with van der Waals surface area (Å²) in [5.74, 6) is 0.488. The lowest BCUT2D eigenvalue weighted by molar-refractivity contribution is 0.308. The summed E-state index contributed by atoms with van der Waals surface area (Å²) in [5.41, 5.74) is 7.58. The molecule has 3 nitrogen and oxygen atoms in total. The molecule has 2 rings (SSSR count). The lowest BCUT2D eigenvalue weighted by Crippen LogP contribution is -2.08. The van der Waals surface area contributed by atoms with Crippen LogP contribution in [0.15, 0.2) is 54.6 Å². The second-order valence-electron chi connectivity index (χ2n) is 4.25. The van der Waals surface area contributed by atoms with Crippen LogP contribution in [0, 0.1) is 11.3 Å². The van der Waals surface area contributed by atoms with Crippen molar-refractivity contribution < 1.29 is 4.74 Å². The molecule has 1 atom stereocenters. The smallest absolute Gasteiger partial charge is 0.119 e. The highest BCUT2D eigenvalue weighted by atomic mass is 16.5. The van der Waals surface area contributed by atoms with Crippen molar-refractivity contribution in [1.29, 1.82) is 5.26 Å². The Morgan fingerprint density at radius 2 is 1.89 bits per heavy atom. The second-order valence-corrected chi connectivity index (χ2v) is 4.25. The molecule has 0 amide bonds. The van der Waals surface area contributed by atoms with Crippen LogP contribution in [0.4, 0.5) is 0 Å². The summed E-state index contributed by atoms with van der Waals surface area (Å²) in [6.07, 6.45) is 0. The molecule has 0 bridgehead atoms. The molecule has 0 aliphatic rings. The largest absolute Gasteiger partial charge is 0.492 e. The molecule has 96 valence electrons. The molecule has 0 aliphatic heterocycles. The van der Waals surface area contributed by atoms with Gasteiger partial charge in [-0.1, -0.05) is 42.5 Å². The fraction of sp³-hybridized carbons (Fsp3) is 0.188. The lowest BCUT2D eigenvalue weighted by Gasteiger charge is -2.12. The van der Waals surface area contributed by atoms with Crippen LogP contribution in [-0.4, -0.2) is 6.61 Å². The topological polar surface area (TPSA) is 59.0 Å². The monoisotopic (exact) mass is 252 g/mol. The van der Waals surface area contributed by atoms with E-state index in [2.05, 4.69) is 6.07 Å². The predicted octanol–water partition coefficient (Wildman–Crippen LogP) is 2.83. The molecule has 0 aromatic heterocycles. The van der Waals surface area contributed by atoms with E-state index in [0.29, 0.717) is 13.2 Å². The molecule has 0 saturated carbocycles. The summed E-state index contributed by atoms with van der Waals surface area (Å²) in [5, 5.41) is 9.21. The highest BCUT2D eigenvalue weighted by molar-refractivity contribution is 5.29. The first-order valence-electron chi connectivity index (χ1n) is 6.20. The Hall–Kier alpha value is -2.31. The lowest BCUT2D eigenvalue weighted by atomic mass is 10.0. The summed E-state index contributed by atoms with van der Waals surface area (Å²) in [7, 11) is 0. The summed E-state index contributed by atoms with van der Waals surface area (Å²) >= 11 is 0. The third-order valence-corrected chi connectivity index (χ3v) is 2.91. The van der Waals surface area contributed by atoms with Crippen molar-refractivity contribution in [3.05, 3.63) is 65.7 Å². The van der Waals surface area contributed by atoms with Crippen molar-refractivity contribution in [1.82, 2.24) is 0 Å². The van der Waals surface area contributed by atoms with Gasteiger partial charge in [-0.2, -0.15) is 5.26 Å². The molecule has 2 N–H and O–H groups in total. The Bertz CT molecular complexity index is 560. The maximum absolute atomic E-state index is 9.21. The van der Waals surface area contributed by atoms with E-state index in [1.807, 2.05) is 54.6 Å². The fourth-order valence-electron chi connectivity index (χ4n) is 1.84. The first-order valence-corrected chi connectivity index (χ1v) is 6.20. The average molecular weight is 252 g/mol. The van der Waals surface area contributed by atoms with Crippen LogP contribution in [0.1, 0.15) is 17.0 Å². The van der Waals surface area contributed by atoms with Gasteiger partial charge in [0.25, 0.3) is 0 Å². The Morgan fingerprint density at radius 3 is 2.58 bits per heavy atom. The molecule has 3 heteroatoms. The van der Waals surface area contributed by atoms with E-state index in [-0.39, 0.29) is 5.92 Å². The third-order valence-electron chi connectivity index (χ3n) is 2.91. The second kappa shape index (κ2) is 6.58. The van der Waals surface area contributed by atoms with E-state index < -0.39 is 0 Å². The highest BCUT2D eigenvalue weighted by Crippen LogP contribution is 2.18. The SMILES string of the molecule is N#CC(COc1cccc(CN)c1)c1ccccc1. The molecular formula is C16H16N2O. The van der Waals surface area contributed by atoms with E-state index in [4.69, 9.17) is 10.5 Å². The number of hydrogen-bond donors (Lipinski definition) is 1. The highest BCUT2D eigenvalue weighted by Gasteiger charge is 2.10. The molecule has 0 fully saturated rings. The Morgan fingerprint density at radius 1 is 1.11 bits per heavy atom. The normalized spacial score (nSPS) is 11.6. The van der Waals surface area contributed by atoms with Gasteiger partial charge in [-0.3, -0.25) is 0 Å².